The van der Waals surface area contributed by atoms with E-state index in [4.69, 9.17) is 16.3 Å². The molecule has 29 heavy (non-hydrogen) atoms. The Hall–Kier alpha value is -3.57. The van der Waals surface area contributed by atoms with E-state index in [0.717, 1.165) is 0 Å². The van der Waals surface area contributed by atoms with Gasteiger partial charge in [0.2, 0.25) is 0 Å². The number of hydrogen-bond acceptors (Lipinski definition) is 3. The summed E-state index contributed by atoms with van der Waals surface area (Å²) in [6.07, 6.45) is 1.56. The third kappa shape index (κ3) is 3.73. The van der Waals surface area contributed by atoms with Crippen LogP contribution in [0.5, 0.6) is 5.75 Å². The van der Waals surface area contributed by atoms with Gasteiger partial charge < -0.3 is 10.1 Å². The second-order valence-corrected chi connectivity index (χ2v) is 6.86. The second-order valence-electron chi connectivity index (χ2n) is 6.43. The first kappa shape index (κ1) is 18.8. The summed E-state index contributed by atoms with van der Waals surface area (Å²) in [5, 5.41) is 4.49. The Morgan fingerprint density at radius 1 is 0.966 bits per heavy atom. The Morgan fingerprint density at radius 2 is 1.69 bits per heavy atom. The minimum Gasteiger partial charge on any atom is -0.497 e. The summed E-state index contributed by atoms with van der Waals surface area (Å²) < 4.78 is 6.66. The lowest BCUT2D eigenvalue weighted by Crippen LogP contribution is -2.22. The molecule has 5 nitrogen and oxygen atoms in total. The van der Waals surface area contributed by atoms with E-state index in [2.05, 4.69) is 5.32 Å². The minimum atomic E-state index is -0.322. The maximum atomic E-state index is 13.1. The van der Waals surface area contributed by atoms with Crippen molar-refractivity contribution in [2.45, 2.75) is 0 Å². The molecule has 0 bridgehead atoms. The number of methoxy groups -OCH3 is 1. The van der Waals surface area contributed by atoms with Crippen molar-refractivity contribution in [1.82, 2.24) is 4.57 Å². The molecule has 4 aromatic rings. The normalized spacial score (nSPS) is 10.7. The third-order valence-corrected chi connectivity index (χ3v) is 4.85. The molecule has 0 aliphatic heterocycles. The van der Waals surface area contributed by atoms with E-state index in [1.54, 1.807) is 86.1 Å². The molecule has 1 aromatic heterocycles. The van der Waals surface area contributed by atoms with Gasteiger partial charge in [0.1, 0.15) is 5.75 Å². The fourth-order valence-electron chi connectivity index (χ4n) is 3.17. The predicted molar refractivity (Wildman–Crippen MR) is 116 cm³/mol. The molecule has 0 atom stereocenters. The summed E-state index contributed by atoms with van der Waals surface area (Å²) in [6, 6.07) is 21.0. The van der Waals surface area contributed by atoms with E-state index in [1.807, 2.05) is 0 Å². The van der Waals surface area contributed by atoms with Crippen molar-refractivity contribution < 1.29 is 9.53 Å². The first-order valence-corrected chi connectivity index (χ1v) is 9.30. The highest BCUT2D eigenvalue weighted by atomic mass is 35.5. The van der Waals surface area contributed by atoms with Gasteiger partial charge in [0, 0.05) is 39.4 Å². The van der Waals surface area contributed by atoms with Gasteiger partial charge in [-0.1, -0.05) is 35.9 Å². The number of pyridine rings is 1. The molecule has 0 aliphatic rings. The SMILES string of the molecule is COc1cccc(NC(=O)c2cn(-c3ccc(Cl)cc3)c(=O)c3ccccc23)c1. The lowest BCUT2D eigenvalue weighted by Gasteiger charge is -2.13. The van der Waals surface area contributed by atoms with Gasteiger partial charge in [-0.3, -0.25) is 14.2 Å². The number of hydrogen-bond donors (Lipinski definition) is 1. The van der Waals surface area contributed by atoms with E-state index in [9.17, 15) is 9.59 Å². The molecule has 144 valence electrons. The molecule has 6 heteroatoms. The molecule has 0 saturated heterocycles. The standard InChI is InChI=1S/C23H17ClN2O3/c1-29-18-6-4-5-16(13-18)25-22(27)21-14-26(17-11-9-15(24)10-12-17)23(28)20-8-3-2-7-19(20)21/h2-14H,1H3,(H,25,27). The van der Waals surface area contributed by atoms with Crippen molar-refractivity contribution in [3.05, 3.63) is 99.9 Å². The van der Waals surface area contributed by atoms with E-state index in [0.29, 0.717) is 38.5 Å². The van der Waals surface area contributed by atoms with Gasteiger partial charge in [0.05, 0.1) is 12.7 Å². The van der Waals surface area contributed by atoms with Crippen molar-refractivity contribution in [3.63, 3.8) is 0 Å². The number of ether oxygens (including phenoxy) is 1. The number of benzene rings is 3. The molecule has 1 amide bonds. The Morgan fingerprint density at radius 3 is 2.41 bits per heavy atom. The van der Waals surface area contributed by atoms with Crippen LogP contribution >= 0.6 is 11.6 Å². The average Bonchev–Trinajstić information content (AvgIpc) is 2.75. The van der Waals surface area contributed by atoms with Gasteiger partial charge >= 0.3 is 0 Å². The molecule has 0 unspecified atom stereocenters. The Kier molecular flexibility index (Phi) is 5.06. The summed E-state index contributed by atoms with van der Waals surface area (Å²) in [4.78, 5) is 26.1. The molecule has 1 heterocycles. The average molecular weight is 405 g/mol. The van der Waals surface area contributed by atoms with Crippen molar-refractivity contribution in [2.75, 3.05) is 12.4 Å². The highest BCUT2D eigenvalue weighted by molar-refractivity contribution is 6.30. The Bertz CT molecular complexity index is 1260. The molecular formula is C23H17ClN2O3. The Balaban J connectivity index is 1.84. The number of nitrogens with one attached hydrogen (secondary N) is 1. The minimum absolute atomic E-state index is 0.208. The maximum absolute atomic E-state index is 13.1. The Labute approximate surface area is 172 Å². The number of rotatable bonds is 4. The zero-order valence-corrected chi connectivity index (χ0v) is 16.3. The fraction of sp³-hybridized carbons (Fsp3) is 0.0435. The van der Waals surface area contributed by atoms with Crippen LogP contribution in [0.1, 0.15) is 10.4 Å². The molecule has 0 aliphatic carbocycles. The second kappa shape index (κ2) is 7.81. The number of aromatic nitrogens is 1. The van der Waals surface area contributed by atoms with Crippen molar-refractivity contribution >= 4 is 34.0 Å². The van der Waals surface area contributed by atoms with Crippen LogP contribution in [0.3, 0.4) is 0 Å². The highest BCUT2D eigenvalue weighted by Gasteiger charge is 2.16. The molecular weight excluding hydrogens is 388 g/mol. The zero-order valence-electron chi connectivity index (χ0n) is 15.6. The molecule has 4 rings (SSSR count). The third-order valence-electron chi connectivity index (χ3n) is 4.60. The van der Waals surface area contributed by atoms with Crippen LogP contribution in [-0.4, -0.2) is 17.6 Å². The van der Waals surface area contributed by atoms with Crippen LogP contribution in [0.15, 0.2) is 83.8 Å². The van der Waals surface area contributed by atoms with Crippen molar-refractivity contribution in [1.29, 1.82) is 0 Å². The quantitative estimate of drug-likeness (QED) is 0.526. The van der Waals surface area contributed by atoms with Gasteiger partial charge in [-0.05, 0) is 42.5 Å². The van der Waals surface area contributed by atoms with Gasteiger partial charge in [-0.25, -0.2) is 0 Å². The molecule has 0 fully saturated rings. The number of fused-ring (bicyclic) bond motifs is 1. The van der Waals surface area contributed by atoms with Crippen LogP contribution in [0, 0.1) is 0 Å². The highest BCUT2D eigenvalue weighted by Crippen LogP contribution is 2.22. The molecule has 0 spiro atoms. The first-order valence-electron chi connectivity index (χ1n) is 8.92. The summed E-state index contributed by atoms with van der Waals surface area (Å²) in [6.45, 7) is 0. The number of carbonyl (C=O) groups is 1. The summed E-state index contributed by atoms with van der Waals surface area (Å²) in [7, 11) is 1.57. The summed E-state index contributed by atoms with van der Waals surface area (Å²) >= 11 is 5.97. The van der Waals surface area contributed by atoms with Crippen molar-refractivity contribution in [2.24, 2.45) is 0 Å². The monoisotopic (exact) mass is 404 g/mol. The van der Waals surface area contributed by atoms with E-state index in [1.165, 1.54) is 4.57 Å². The molecule has 0 radical (unpaired) electrons. The number of carbonyl (C=O) groups excluding carboxylic acids is 1. The lowest BCUT2D eigenvalue weighted by molar-refractivity contribution is 0.102. The lowest BCUT2D eigenvalue weighted by atomic mass is 10.1. The topological polar surface area (TPSA) is 60.3 Å². The van der Waals surface area contributed by atoms with Gasteiger partial charge in [-0.2, -0.15) is 0 Å². The summed E-state index contributed by atoms with van der Waals surface area (Å²) in [5.41, 5.74) is 1.40. The zero-order chi connectivity index (χ0) is 20.4. The van der Waals surface area contributed by atoms with Crippen molar-refractivity contribution in [3.8, 4) is 11.4 Å². The maximum Gasteiger partial charge on any atom is 0.262 e. The van der Waals surface area contributed by atoms with E-state index < -0.39 is 0 Å². The molecule has 1 N–H and O–H groups in total. The number of anilines is 1. The van der Waals surface area contributed by atoms with Crippen LogP contribution < -0.4 is 15.6 Å². The molecule has 0 saturated carbocycles. The fourth-order valence-corrected chi connectivity index (χ4v) is 3.29. The molecule has 3 aromatic carbocycles. The van der Waals surface area contributed by atoms with Crippen LogP contribution in [0.2, 0.25) is 5.02 Å². The van der Waals surface area contributed by atoms with Crippen LogP contribution in [0.4, 0.5) is 5.69 Å². The van der Waals surface area contributed by atoms with E-state index in [-0.39, 0.29) is 11.5 Å². The first-order chi connectivity index (χ1) is 14.1. The number of halogens is 1. The largest absolute Gasteiger partial charge is 0.497 e. The number of nitrogens with zero attached hydrogens (tertiary/aromatic N) is 1. The van der Waals surface area contributed by atoms with Gasteiger partial charge in [0.15, 0.2) is 0 Å². The van der Waals surface area contributed by atoms with Crippen LogP contribution in [0.25, 0.3) is 16.5 Å². The summed E-state index contributed by atoms with van der Waals surface area (Å²) in [5.74, 6) is 0.316. The van der Waals surface area contributed by atoms with Gasteiger partial charge in [-0.15, -0.1) is 0 Å². The van der Waals surface area contributed by atoms with E-state index >= 15 is 0 Å². The smallest absolute Gasteiger partial charge is 0.262 e. The number of amides is 1. The van der Waals surface area contributed by atoms with Gasteiger partial charge in [0.25, 0.3) is 11.5 Å². The predicted octanol–water partition coefficient (Wildman–Crippen LogP) is 4.91. The van der Waals surface area contributed by atoms with Crippen LogP contribution in [-0.2, 0) is 0 Å².